The first-order chi connectivity index (χ1) is 8.50. The number of carbonyl (C=O) groups is 2. The van der Waals surface area contributed by atoms with Crippen LogP contribution >= 0.6 is 0 Å². The summed E-state index contributed by atoms with van der Waals surface area (Å²) in [6.45, 7) is 0. The number of carbonyl (C=O) groups excluding carboxylic acids is 1. The Morgan fingerprint density at radius 3 is 2.56 bits per heavy atom. The van der Waals surface area contributed by atoms with Gasteiger partial charge in [-0.1, -0.05) is 12.1 Å². The topological polar surface area (TPSA) is 122 Å². The van der Waals surface area contributed by atoms with Crippen LogP contribution in [0.1, 0.15) is 0 Å². The van der Waals surface area contributed by atoms with Gasteiger partial charge in [0.1, 0.15) is 5.69 Å². The van der Waals surface area contributed by atoms with Crippen LogP contribution in [0.3, 0.4) is 0 Å². The highest BCUT2D eigenvalue weighted by molar-refractivity contribution is 5.94. The van der Waals surface area contributed by atoms with Crippen molar-refractivity contribution in [2.45, 2.75) is 0 Å². The third-order valence-corrected chi connectivity index (χ3v) is 1.80. The van der Waals surface area contributed by atoms with Gasteiger partial charge < -0.3 is 5.11 Å². The number of anilines is 1. The first kappa shape index (κ1) is 13.2. The molecule has 0 heterocycles. The highest BCUT2D eigenvalue weighted by Crippen LogP contribution is 2.21. The number of nitrogens with zero attached hydrogens (tertiary/aromatic N) is 1. The SMILES string of the molecule is O=C(O)/C=C/C(=O)NNc1ccccc1[N+](=O)[O-]. The average molecular weight is 251 g/mol. The van der Waals surface area contributed by atoms with E-state index >= 15 is 0 Å². The lowest BCUT2D eigenvalue weighted by Gasteiger charge is -2.06. The first-order valence-corrected chi connectivity index (χ1v) is 4.71. The van der Waals surface area contributed by atoms with Crippen LogP contribution in [0, 0.1) is 10.1 Å². The molecule has 0 saturated heterocycles. The molecule has 0 aliphatic carbocycles. The Morgan fingerprint density at radius 2 is 1.94 bits per heavy atom. The van der Waals surface area contributed by atoms with Crippen LogP contribution in [-0.4, -0.2) is 21.9 Å². The van der Waals surface area contributed by atoms with Crippen LogP contribution in [0.5, 0.6) is 0 Å². The molecule has 8 heteroatoms. The summed E-state index contributed by atoms with van der Waals surface area (Å²) in [4.78, 5) is 31.3. The fourth-order valence-electron chi connectivity index (χ4n) is 1.06. The fraction of sp³-hybridized carbons (Fsp3) is 0. The number of benzene rings is 1. The van der Waals surface area contributed by atoms with E-state index in [9.17, 15) is 19.7 Å². The molecule has 0 unspecified atom stereocenters. The van der Waals surface area contributed by atoms with Crippen LogP contribution in [0.25, 0.3) is 0 Å². The lowest BCUT2D eigenvalue weighted by molar-refractivity contribution is -0.384. The molecule has 0 spiro atoms. The Labute approximate surface area is 101 Å². The number of nitro benzene ring substituents is 1. The molecule has 0 saturated carbocycles. The van der Waals surface area contributed by atoms with E-state index in [0.29, 0.717) is 6.08 Å². The van der Waals surface area contributed by atoms with Gasteiger partial charge in [-0.05, 0) is 6.07 Å². The monoisotopic (exact) mass is 251 g/mol. The van der Waals surface area contributed by atoms with Gasteiger partial charge in [0.15, 0.2) is 0 Å². The second-order valence-corrected chi connectivity index (χ2v) is 3.06. The Kier molecular flexibility index (Phi) is 4.38. The number of carboxylic acids is 1. The molecule has 8 nitrogen and oxygen atoms in total. The van der Waals surface area contributed by atoms with Crippen LogP contribution in [0.15, 0.2) is 36.4 Å². The lowest BCUT2D eigenvalue weighted by Crippen LogP contribution is -2.28. The summed E-state index contributed by atoms with van der Waals surface area (Å²) in [5, 5.41) is 18.9. The number of nitrogens with one attached hydrogen (secondary N) is 2. The second-order valence-electron chi connectivity index (χ2n) is 3.06. The van der Waals surface area contributed by atoms with E-state index in [1.807, 2.05) is 0 Å². The molecule has 0 aromatic heterocycles. The van der Waals surface area contributed by atoms with Crippen LogP contribution in [0.4, 0.5) is 11.4 Å². The van der Waals surface area contributed by atoms with Gasteiger partial charge in [-0.15, -0.1) is 0 Å². The smallest absolute Gasteiger partial charge is 0.328 e. The van der Waals surface area contributed by atoms with E-state index < -0.39 is 16.8 Å². The fourth-order valence-corrected chi connectivity index (χ4v) is 1.06. The standard InChI is InChI=1S/C10H9N3O5/c14-9(5-6-10(15)16)12-11-7-3-1-2-4-8(7)13(17)18/h1-6,11H,(H,12,14)(H,15,16)/b6-5+. The van der Waals surface area contributed by atoms with E-state index in [1.54, 1.807) is 6.07 Å². The summed E-state index contributed by atoms with van der Waals surface area (Å²) in [7, 11) is 0. The van der Waals surface area contributed by atoms with E-state index in [-0.39, 0.29) is 11.4 Å². The number of nitro groups is 1. The molecule has 0 aliphatic rings. The van der Waals surface area contributed by atoms with Crippen molar-refractivity contribution >= 4 is 23.3 Å². The van der Waals surface area contributed by atoms with Gasteiger partial charge in [-0.25, -0.2) is 4.79 Å². The first-order valence-electron chi connectivity index (χ1n) is 4.71. The molecular weight excluding hydrogens is 242 g/mol. The number of para-hydroxylation sites is 2. The highest BCUT2D eigenvalue weighted by Gasteiger charge is 2.11. The normalized spacial score (nSPS) is 10.0. The van der Waals surface area contributed by atoms with Gasteiger partial charge in [-0.3, -0.25) is 25.8 Å². The predicted molar refractivity (Wildman–Crippen MR) is 61.6 cm³/mol. The Bertz CT molecular complexity index is 512. The van der Waals surface area contributed by atoms with Gasteiger partial charge in [0.05, 0.1) is 4.92 Å². The van der Waals surface area contributed by atoms with Gasteiger partial charge in [0.25, 0.3) is 11.6 Å². The number of rotatable bonds is 5. The minimum absolute atomic E-state index is 0.0968. The summed E-state index contributed by atoms with van der Waals surface area (Å²) in [5.74, 6) is -2.01. The maximum absolute atomic E-state index is 11.1. The zero-order valence-corrected chi connectivity index (χ0v) is 8.99. The van der Waals surface area contributed by atoms with E-state index in [1.165, 1.54) is 18.2 Å². The lowest BCUT2D eigenvalue weighted by atomic mass is 10.3. The van der Waals surface area contributed by atoms with Crippen molar-refractivity contribution in [3.05, 3.63) is 46.5 Å². The van der Waals surface area contributed by atoms with Crippen LogP contribution < -0.4 is 10.9 Å². The predicted octanol–water partition coefficient (Wildman–Crippen LogP) is 0.679. The van der Waals surface area contributed by atoms with Crippen molar-refractivity contribution in [3.63, 3.8) is 0 Å². The number of hydrogen-bond donors (Lipinski definition) is 3. The molecule has 0 fully saturated rings. The molecule has 94 valence electrons. The van der Waals surface area contributed by atoms with E-state index in [2.05, 4.69) is 10.9 Å². The second kappa shape index (κ2) is 5.99. The molecule has 1 amide bonds. The minimum Gasteiger partial charge on any atom is -0.478 e. The quantitative estimate of drug-likeness (QED) is 0.402. The van der Waals surface area contributed by atoms with Crippen molar-refractivity contribution in [1.29, 1.82) is 0 Å². The van der Waals surface area contributed by atoms with Crippen molar-refractivity contribution < 1.29 is 19.6 Å². The van der Waals surface area contributed by atoms with Gasteiger partial charge in [0, 0.05) is 18.2 Å². The Morgan fingerprint density at radius 1 is 1.28 bits per heavy atom. The molecule has 0 atom stereocenters. The maximum atomic E-state index is 11.1. The molecule has 0 aliphatic heterocycles. The summed E-state index contributed by atoms with van der Waals surface area (Å²) in [6, 6.07) is 5.70. The molecular formula is C10H9N3O5. The third-order valence-electron chi connectivity index (χ3n) is 1.80. The number of carboxylic acid groups (broad SMARTS) is 1. The largest absolute Gasteiger partial charge is 0.478 e. The van der Waals surface area contributed by atoms with Crippen LogP contribution in [0.2, 0.25) is 0 Å². The van der Waals surface area contributed by atoms with Crippen molar-refractivity contribution in [2.75, 3.05) is 5.43 Å². The molecule has 0 radical (unpaired) electrons. The molecule has 18 heavy (non-hydrogen) atoms. The molecule has 1 rings (SSSR count). The van der Waals surface area contributed by atoms with Crippen molar-refractivity contribution in [2.24, 2.45) is 0 Å². The van der Waals surface area contributed by atoms with Crippen LogP contribution in [-0.2, 0) is 9.59 Å². The Hall–Kier alpha value is -2.90. The maximum Gasteiger partial charge on any atom is 0.328 e. The van der Waals surface area contributed by atoms with Gasteiger partial charge in [-0.2, -0.15) is 0 Å². The highest BCUT2D eigenvalue weighted by atomic mass is 16.6. The Balaban J connectivity index is 2.67. The van der Waals surface area contributed by atoms with Gasteiger partial charge in [0.2, 0.25) is 0 Å². The van der Waals surface area contributed by atoms with E-state index in [4.69, 9.17) is 5.11 Å². The van der Waals surface area contributed by atoms with Gasteiger partial charge >= 0.3 is 5.97 Å². The minimum atomic E-state index is -1.27. The molecule has 1 aromatic carbocycles. The number of amides is 1. The summed E-state index contributed by atoms with van der Waals surface area (Å²) >= 11 is 0. The summed E-state index contributed by atoms with van der Waals surface area (Å²) < 4.78 is 0. The van der Waals surface area contributed by atoms with Crippen molar-refractivity contribution in [1.82, 2.24) is 5.43 Å². The number of hydrogen-bond acceptors (Lipinski definition) is 5. The summed E-state index contributed by atoms with van der Waals surface area (Å²) in [6.07, 6.45) is 1.43. The average Bonchev–Trinajstić information content (AvgIpc) is 2.34. The third kappa shape index (κ3) is 3.93. The zero-order valence-electron chi connectivity index (χ0n) is 8.99. The summed E-state index contributed by atoms with van der Waals surface area (Å²) in [5.41, 5.74) is 4.33. The van der Waals surface area contributed by atoms with E-state index in [0.717, 1.165) is 6.08 Å². The zero-order chi connectivity index (χ0) is 13.5. The molecule has 0 bridgehead atoms. The number of hydrazine groups is 1. The molecule has 3 N–H and O–H groups in total. The van der Waals surface area contributed by atoms with Crippen molar-refractivity contribution in [3.8, 4) is 0 Å². The number of aliphatic carboxylic acids is 1. The molecule has 1 aromatic rings.